The van der Waals surface area contributed by atoms with Gasteiger partial charge in [-0.05, 0) is 28.8 Å². The molecular weight excluding hydrogens is 288 g/mol. The van der Waals surface area contributed by atoms with Gasteiger partial charge in [-0.2, -0.15) is 0 Å². The average Bonchev–Trinajstić information content (AvgIpc) is 2.80. The smallest absolute Gasteiger partial charge is 0.274 e. The van der Waals surface area contributed by atoms with Gasteiger partial charge in [0.2, 0.25) is 0 Å². The fraction of sp³-hybridized carbons (Fsp3) is 0.455. The summed E-state index contributed by atoms with van der Waals surface area (Å²) in [6.45, 7) is 1.93. The Bertz CT molecular complexity index is 445. The molecule has 0 amide bonds. The molecule has 2 rings (SSSR count). The largest absolute Gasteiger partial charge is 0.494 e. The second-order valence-corrected chi connectivity index (χ2v) is 4.78. The number of hydrogen-bond donors (Lipinski definition) is 0. The molecule has 1 aliphatic rings. The maximum absolute atomic E-state index is 10.8. The highest BCUT2D eigenvalue weighted by Crippen LogP contribution is 2.40. The molecule has 1 fully saturated rings. The highest BCUT2D eigenvalue weighted by molar-refractivity contribution is 9.10. The lowest BCUT2D eigenvalue weighted by Crippen LogP contribution is -2.19. The number of nitrogens with zero attached hydrogens (tertiary/aromatic N) is 2. The zero-order valence-electron chi connectivity index (χ0n) is 9.48. The summed E-state index contributed by atoms with van der Waals surface area (Å²) >= 11 is 3.39. The molecule has 92 valence electrons. The van der Waals surface area contributed by atoms with E-state index in [-0.39, 0.29) is 5.69 Å². The van der Waals surface area contributed by atoms with Gasteiger partial charge in [0.15, 0.2) is 0 Å². The number of methoxy groups -OCH3 is 1. The number of non-ortho nitro benzene ring substituents is 1. The third kappa shape index (κ3) is 2.36. The maximum Gasteiger partial charge on any atom is 0.274 e. The summed E-state index contributed by atoms with van der Waals surface area (Å²) in [5, 5.41) is 10.8. The number of hydrogen-bond acceptors (Lipinski definition) is 4. The minimum atomic E-state index is -0.416. The first-order valence-corrected chi connectivity index (χ1v) is 6.19. The van der Waals surface area contributed by atoms with Crippen LogP contribution in [-0.2, 0) is 0 Å². The third-order valence-corrected chi connectivity index (χ3v) is 3.47. The average molecular weight is 301 g/mol. The van der Waals surface area contributed by atoms with E-state index in [0.29, 0.717) is 10.2 Å². The van der Waals surface area contributed by atoms with Gasteiger partial charge in [0, 0.05) is 19.2 Å². The van der Waals surface area contributed by atoms with Crippen LogP contribution in [0.3, 0.4) is 0 Å². The van der Waals surface area contributed by atoms with Crippen LogP contribution in [0, 0.1) is 10.1 Å². The van der Waals surface area contributed by atoms with Crippen molar-refractivity contribution in [2.24, 2.45) is 0 Å². The fourth-order valence-electron chi connectivity index (χ4n) is 2.07. The third-order valence-electron chi connectivity index (χ3n) is 2.87. The fourth-order valence-corrected chi connectivity index (χ4v) is 2.75. The molecule has 17 heavy (non-hydrogen) atoms. The SMILES string of the molecule is COc1cc([N+](=O)[O-])cc(Br)c1N1CCCC1. The first-order valence-electron chi connectivity index (χ1n) is 5.40. The molecule has 1 aromatic rings. The van der Waals surface area contributed by atoms with Gasteiger partial charge in [0.05, 0.1) is 28.3 Å². The first kappa shape index (κ1) is 12.2. The van der Waals surface area contributed by atoms with E-state index in [1.165, 1.54) is 19.2 Å². The molecule has 1 saturated heterocycles. The standard InChI is InChI=1S/C11H13BrN2O3/c1-17-10-7-8(14(15)16)6-9(12)11(10)13-4-2-3-5-13/h6-7H,2-5H2,1H3. The van der Waals surface area contributed by atoms with E-state index >= 15 is 0 Å². The molecule has 0 aromatic heterocycles. The predicted octanol–water partition coefficient (Wildman–Crippen LogP) is 2.97. The summed E-state index contributed by atoms with van der Waals surface area (Å²) in [7, 11) is 1.53. The summed E-state index contributed by atoms with van der Waals surface area (Å²) in [5.74, 6) is 0.549. The van der Waals surface area contributed by atoms with Crippen molar-refractivity contribution in [2.45, 2.75) is 12.8 Å². The van der Waals surface area contributed by atoms with Gasteiger partial charge in [0.25, 0.3) is 5.69 Å². The van der Waals surface area contributed by atoms with Crippen LogP contribution in [0.2, 0.25) is 0 Å². The molecular formula is C11H13BrN2O3. The van der Waals surface area contributed by atoms with Crippen molar-refractivity contribution < 1.29 is 9.66 Å². The van der Waals surface area contributed by atoms with Crippen LogP contribution >= 0.6 is 15.9 Å². The van der Waals surface area contributed by atoms with Gasteiger partial charge < -0.3 is 9.64 Å². The number of rotatable bonds is 3. The van der Waals surface area contributed by atoms with Crippen LogP contribution in [0.25, 0.3) is 0 Å². The van der Waals surface area contributed by atoms with Crippen molar-refractivity contribution in [3.63, 3.8) is 0 Å². The van der Waals surface area contributed by atoms with E-state index in [1.54, 1.807) is 0 Å². The number of halogens is 1. The highest BCUT2D eigenvalue weighted by atomic mass is 79.9. The second-order valence-electron chi connectivity index (χ2n) is 3.93. The van der Waals surface area contributed by atoms with E-state index in [9.17, 15) is 10.1 Å². The van der Waals surface area contributed by atoms with Crippen molar-refractivity contribution in [2.75, 3.05) is 25.1 Å². The number of nitro groups is 1. The van der Waals surface area contributed by atoms with Crippen LogP contribution in [0.1, 0.15) is 12.8 Å². The van der Waals surface area contributed by atoms with Crippen LogP contribution in [0.15, 0.2) is 16.6 Å². The molecule has 0 bridgehead atoms. The summed E-state index contributed by atoms with van der Waals surface area (Å²) < 4.78 is 5.97. The molecule has 5 nitrogen and oxygen atoms in total. The van der Waals surface area contributed by atoms with E-state index in [1.807, 2.05) is 0 Å². The molecule has 0 atom stereocenters. The monoisotopic (exact) mass is 300 g/mol. The number of ether oxygens (including phenoxy) is 1. The Balaban J connectivity index is 2.46. The quantitative estimate of drug-likeness (QED) is 0.636. The van der Waals surface area contributed by atoms with Gasteiger partial charge in [-0.1, -0.05) is 0 Å². The topological polar surface area (TPSA) is 55.6 Å². The summed E-state index contributed by atoms with van der Waals surface area (Å²) in [5.41, 5.74) is 0.951. The van der Waals surface area contributed by atoms with Crippen LogP contribution in [-0.4, -0.2) is 25.1 Å². The Labute approximate surface area is 108 Å². The Morgan fingerprint density at radius 2 is 2.06 bits per heavy atom. The normalized spacial score (nSPS) is 15.1. The van der Waals surface area contributed by atoms with E-state index in [2.05, 4.69) is 20.8 Å². The van der Waals surface area contributed by atoms with Gasteiger partial charge in [-0.3, -0.25) is 10.1 Å². The van der Waals surface area contributed by atoms with E-state index in [4.69, 9.17) is 4.74 Å². The molecule has 0 spiro atoms. The first-order chi connectivity index (χ1) is 8.13. The van der Waals surface area contributed by atoms with Crippen molar-refractivity contribution >= 4 is 27.3 Å². The molecule has 0 N–H and O–H groups in total. The van der Waals surface area contributed by atoms with E-state index in [0.717, 1.165) is 31.6 Å². The Morgan fingerprint density at radius 1 is 1.41 bits per heavy atom. The maximum atomic E-state index is 10.8. The van der Waals surface area contributed by atoms with Crippen LogP contribution in [0.5, 0.6) is 5.75 Å². The summed E-state index contributed by atoms with van der Waals surface area (Å²) in [6.07, 6.45) is 2.29. The minimum Gasteiger partial charge on any atom is -0.494 e. The molecule has 0 unspecified atom stereocenters. The lowest BCUT2D eigenvalue weighted by Gasteiger charge is -2.21. The van der Waals surface area contributed by atoms with Gasteiger partial charge >= 0.3 is 0 Å². The summed E-state index contributed by atoms with van der Waals surface area (Å²) in [6, 6.07) is 2.99. The van der Waals surface area contributed by atoms with Crippen LogP contribution in [0.4, 0.5) is 11.4 Å². The molecule has 1 heterocycles. The lowest BCUT2D eigenvalue weighted by atomic mass is 10.2. The van der Waals surface area contributed by atoms with Gasteiger partial charge in [-0.15, -0.1) is 0 Å². The van der Waals surface area contributed by atoms with E-state index < -0.39 is 4.92 Å². The highest BCUT2D eigenvalue weighted by Gasteiger charge is 2.22. The molecule has 0 radical (unpaired) electrons. The molecule has 1 aromatic carbocycles. The van der Waals surface area contributed by atoms with Gasteiger partial charge in [0.1, 0.15) is 5.75 Å². The van der Waals surface area contributed by atoms with Crippen molar-refractivity contribution in [3.8, 4) is 5.75 Å². The van der Waals surface area contributed by atoms with Crippen molar-refractivity contribution in [1.29, 1.82) is 0 Å². The number of anilines is 1. The van der Waals surface area contributed by atoms with Crippen LogP contribution < -0.4 is 9.64 Å². The van der Waals surface area contributed by atoms with Gasteiger partial charge in [-0.25, -0.2) is 0 Å². The van der Waals surface area contributed by atoms with Crippen molar-refractivity contribution in [1.82, 2.24) is 0 Å². The Hall–Kier alpha value is -1.30. The second kappa shape index (κ2) is 4.91. The Kier molecular flexibility index (Phi) is 3.51. The molecule has 0 aliphatic carbocycles. The Morgan fingerprint density at radius 3 is 2.59 bits per heavy atom. The molecule has 0 saturated carbocycles. The minimum absolute atomic E-state index is 0.0386. The van der Waals surface area contributed by atoms with Crippen molar-refractivity contribution in [3.05, 3.63) is 26.7 Å². The molecule has 6 heteroatoms. The summed E-state index contributed by atoms with van der Waals surface area (Å²) in [4.78, 5) is 12.5. The lowest BCUT2D eigenvalue weighted by molar-refractivity contribution is -0.385. The molecule has 1 aliphatic heterocycles. The predicted molar refractivity (Wildman–Crippen MR) is 68.8 cm³/mol. The zero-order valence-corrected chi connectivity index (χ0v) is 11.1. The number of nitro benzene ring substituents is 1. The zero-order chi connectivity index (χ0) is 12.4. The number of benzene rings is 1.